The van der Waals surface area contributed by atoms with E-state index in [1.807, 2.05) is 0 Å². The highest BCUT2D eigenvalue weighted by molar-refractivity contribution is 5.77. The first-order chi connectivity index (χ1) is 6.68. The van der Waals surface area contributed by atoms with Gasteiger partial charge in [-0.3, -0.25) is 4.79 Å². The lowest BCUT2D eigenvalue weighted by atomic mass is 9.95. The highest BCUT2D eigenvalue weighted by Gasteiger charge is 2.34. The monoisotopic (exact) mass is 197 g/mol. The highest BCUT2D eigenvalue weighted by Crippen LogP contribution is 2.29. The fourth-order valence-electron chi connectivity index (χ4n) is 2.30. The molecule has 80 valence electrons. The predicted molar refractivity (Wildman–Crippen MR) is 54.5 cm³/mol. The predicted octanol–water partition coefficient (Wildman–Crippen LogP) is -0.327. The van der Waals surface area contributed by atoms with Crippen LogP contribution in [0.15, 0.2) is 0 Å². The van der Waals surface area contributed by atoms with Crippen LogP contribution in [0.5, 0.6) is 0 Å². The number of carbonyl (C=O) groups excluding carboxylic acids is 1. The van der Waals surface area contributed by atoms with E-state index in [1.54, 1.807) is 0 Å². The molecule has 0 spiro atoms. The third kappa shape index (κ3) is 2.07. The van der Waals surface area contributed by atoms with Gasteiger partial charge in [0.2, 0.25) is 5.91 Å². The summed E-state index contributed by atoms with van der Waals surface area (Å²) >= 11 is 0. The van der Waals surface area contributed by atoms with E-state index >= 15 is 0 Å². The molecule has 0 aromatic heterocycles. The van der Waals surface area contributed by atoms with Crippen molar-refractivity contribution >= 4 is 5.91 Å². The summed E-state index contributed by atoms with van der Waals surface area (Å²) < 4.78 is 0. The van der Waals surface area contributed by atoms with Crippen molar-refractivity contribution in [3.8, 4) is 0 Å². The Labute approximate surface area is 84.6 Å². The SMILES string of the molecule is NC(=O)C1CCN(C2CC2)CCC1N. The molecule has 1 aliphatic carbocycles. The van der Waals surface area contributed by atoms with Gasteiger partial charge in [-0.05, 0) is 38.8 Å². The van der Waals surface area contributed by atoms with Crippen LogP contribution < -0.4 is 11.5 Å². The maximum Gasteiger partial charge on any atom is 0.222 e. The van der Waals surface area contributed by atoms with Gasteiger partial charge in [0, 0.05) is 12.1 Å². The summed E-state index contributed by atoms with van der Waals surface area (Å²) in [6.45, 7) is 2.03. The standard InChI is InChI=1S/C10H19N3O/c11-9-4-6-13(7-1-2-7)5-3-8(9)10(12)14/h7-9H,1-6,11H2,(H2,12,14). The van der Waals surface area contributed by atoms with Gasteiger partial charge >= 0.3 is 0 Å². The smallest absolute Gasteiger partial charge is 0.222 e. The third-order valence-corrected chi connectivity index (χ3v) is 3.42. The molecule has 1 aliphatic heterocycles. The van der Waals surface area contributed by atoms with E-state index in [4.69, 9.17) is 11.5 Å². The van der Waals surface area contributed by atoms with Crippen molar-refractivity contribution < 1.29 is 4.79 Å². The minimum Gasteiger partial charge on any atom is -0.369 e. The average molecular weight is 197 g/mol. The fourth-order valence-corrected chi connectivity index (χ4v) is 2.30. The zero-order valence-corrected chi connectivity index (χ0v) is 8.48. The van der Waals surface area contributed by atoms with Crippen LogP contribution in [0.3, 0.4) is 0 Å². The first-order valence-electron chi connectivity index (χ1n) is 5.47. The molecule has 2 aliphatic rings. The largest absolute Gasteiger partial charge is 0.369 e. The topological polar surface area (TPSA) is 72.4 Å². The number of primary amides is 1. The zero-order chi connectivity index (χ0) is 10.1. The molecule has 2 fully saturated rings. The van der Waals surface area contributed by atoms with E-state index in [2.05, 4.69) is 4.90 Å². The lowest BCUT2D eigenvalue weighted by molar-refractivity contribution is -0.122. The van der Waals surface area contributed by atoms with Crippen molar-refractivity contribution in [1.29, 1.82) is 0 Å². The fraction of sp³-hybridized carbons (Fsp3) is 0.900. The Hall–Kier alpha value is -0.610. The molecular weight excluding hydrogens is 178 g/mol. The Bertz CT molecular complexity index is 227. The molecule has 1 saturated carbocycles. The van der Waals surface area contributed by atoms with Crippen LogP contribution in [0.4, 0.5) is 0 Å². The zero-order valence-electron chi connectivity index (χ0n) is 8.48. The first-order valence-corrected chi connectivity index (χ1v) is 5.47. The van der Waals surface area contributed by atoms with Crippen molar-refractivity contribution in [3.63, 3.8) is 0 Å². The Balaban J connectivity index is 1.94. The summed E-state index contributed by atoms with van der Waals surface area (Å²) in [5.74, 6) is -0.339. The number of likely N-dealkylation sites (tertiary alicyclic amines) is 1. The number of rotatable bonds is 2. The normalized spacial score (nSPS) is 35.2. The van der Waals surface area contributed by atoms with E-state index in [-0.39, 0.29) is 17.9 Å². The number of nitrogens with two attached hydrogens (primary N) is 2. The van der Waals surface area contributed by atoms with Gasteiger partial charge in [0.25, 0.3) is 0 Å². The van der Waals surface area contributed by atoms with Crippen LogP contribution in [0.2, 0.25) is 0 Å². The van der Waals surface area contributed by atoms with Crippen molar-refractivity contribution in [2.75, 3.05) is 13.1 Å². The van der Waals surface area contributed by atoms with Crippen LogP contribution >= 0.6 is 0 Å². The van der Waals surface area contributed by atoms with E-state index < -0.39 is 0 Å². The van der Waals surface area contributed by atoms with Crippen molar-refractivity contribution in [2.45, 2.75) is 37.8 Å². The summed E-state index contributed by atoms with van der Waals surface area (Å²) in [6, 6.07) is 0.741. The molecule has 4 N–H and O–H groups in total. The molecule has 0 bridgehead atoms. The molecule has 1 amide bonds. The van der Waals surface area contributed by atoms with E-state index in [0.717, 1.165) is 32.0 Å². The summed E-state index contributed by atoms with van der Waals surface area (Å²) in [4.78, 5) is 13.6. The minimum atomic E-state index is -0.227. The van der Waals surface area contributed by atoms with Crippen LogP contribution in [0.1, 0.15) is 25.7 Å². The Morgan fingerprint density at radius 3 is 2.36 bits per heavy atom. The molecule has 4 heteroatoms. The summed E-state index contributed by atoms with van der Waals surface area (Å²) in [5.41, 5.74) is 11.3. The number of amides is 1. The maximum absolute atomic E-state index is 11.1. The second-order valence-electron chi connectivity index (χ2n) is 4.52. The second-order valence-corrected chi connectivity index (χ2v) is 4.52. The first kappa shape index (κ1) is 9.93. The Kier molecular flexibility index (Phi) is 2.74. The molecule has 0 aromatic carbocycles. The molecular formula is C10H19N3O. The lowest BCUT2D eigenvalue weighted by Gasteiger charge is -2.18. The summed E-state index contributed by atoms with van der Waals surface area (Å²) in [7, 11) is 0. The van der Waals surface area contributed by atoms with Crippen LogP contribution in [0.25, 0.3) is 0 Å². The number of nitrogens with zero attached hydrogens (tertiary/aromatic N) is 1. The van der Waals surface area contributed by atoms with Gasteiger partial charge in [-0.1, -0.05) is 0 Å². The van der Waals surface area contributed by atoms with Gasteiger partial charge in [-0.25, -0.2) is 0 Å². The second kappa shape index (κ2) is 3.87. The van der Waals surface area contributed by atoms with E-state index in [9.17, 15) is 4.79 Å². The summed E-state index contributed by atoms with van der Waals surface area (Å²) in [6.07, 6.45) is 4.38. The number of carbonyl (C=O) groups is 1. The highest BCUT2D eigenvalue weighted by atomic mass is 16.1. The average Bonchev–Trinajstić information content (AvgIpc) is 2.89. The van der Waals surface area contributed by atoms with Crippen molar-refractivity contribution in [1.82, 2.24) is 4.90 Å². The van der Waals surface area contributed by atoms with Crippen molar-refractivity contribution in [2.24, 2.45) is 17.4 Å². The van der Waals surface area contributed by atoms with E-state index in [1.165, 1.54) is 12.8 Å². The minimum absolute atomic E-state index is 0.0313. The maximum atomic E-state index is 11.1. The Morgan fingerprint density at radius 1 is 1.14 bits per heavy atom. The molecule has 14 heavy (non-hydrogen) atoms. The van der Waals surface area contributed by atoms with Gasteiger partial charge in [0.1, 0.15) is 0 Å². The van der Waals surface area contributed by atoms with Gasteiger partial charge in [0.15, 0.2) is 0 Å². The molecule has 0 aromatic rings. The van der Waals surface area contributed by atoms with Gasteiger partial charge in [-0.2, -0.15) is 0 Å². The van der Waals surface area contributed by atoms with Crippen LogP contribution in [0, 0.1) is 5.92 Å². The van der Waals surface area contributed by atoms with E-state index in [0.29, 0.717) is 0 Å². The van der Waals surface area contributed by atoms with Gasteiger partial charge in [0.05, 0.1) is 5.92 Å². The van der Waals surface area contributed by atoms with Crippen LogP contribution in [-0.4, -0.2) is 36.0 Å². The molecule has 2 atom stereocenters. The Morgan fingerprint density at radius 2 is 1.79 bits per heavy atom. The molecule has 1 saturated heterocycles. The third-order valence-electron chi connectivity index (χ3n) is 3.42. The lowest BCUT2D eigenvalue weighted by Crippen LogP contribution is -2.38. The molecule has 0 radical (unpaired) electrons. The van der Waals surface area contributed by atoms with Crippen LogP contribution in [-0.2, 0) is 4.79 Å². The van der Waals surface area contributed by atoms with Gasteiger partial charge < -0.3 is 16.4 Å². The molecule has 2 unspecified atom stereocenters. The summed E-state index contributed by atoms with van der Waals surface area (Å²) in [5, 5.41) is 0. The molecule has 1 heterocycles. The number of hydrogen-bond acceptors (Lipinski definition) is 3. The van der Waals surface area contributed by atoms with Crippen molar-refractivity contribution in [3.05, 3.63) is 0 Å². The number of hydrogen-bond donors (Lipinski definition) is 2. The molecule has 2 rings (SSSR count). The van der Waals surface area contributed by atoms with Gasteiger partial charge in [-0.15, -0.1) is 0 Å². The molecule has 4 nitrogen and oxygen atoms in total. The quantitative estimate of drug-likeness (QED) is 0.637.